The van der Waals surface area contributed by atoms with Gasteiger partial charge < -0.3 is 14.9 Å². The predicted molar refractivity (Wildman–Crippen MR) is 105 cm³/mol. The third-order valence-corrected chi connectivity index (χ3v) is 4.06. The first-order chi connectivity index (χ1) is 13.0. The molecule has 0 amide bonds. The number of carboxylic acid groups (broad SMARTS) is 1. The zero-order chi connectivity index (χ0) is 19.5. The number of aryl methyl sites for hydroxylation is 1. The van der Waals surface area contributed by atoms with Crippen molar-refractivity contribution in [3.8, 4) is 11.4 Å². The van der Waals surface area contributed by atoms with Crippen LogP contribution in [-0.4, -0.2) is 27.8 Å². The first-order valence-corrected chi connectivity index (χ1v) is 9.55. The van der Waals surface area contributed by atoms with Crippen LogP contribution < -0.4 is 5.32 Å². The number of carboxylic acids is 1. The Balaban J connectivity index is 1.75. The Morgan fingerprint density at radius 1 is 1.26 bits per heavy atom. The van der Waals surface area contributed by atoms with Crippen molar-refractivity contribution in [1.82, 2.24) is 15.5 Å². The van der Waals surface area contributed by atoms with Crippen molar-refractivity contribution in [2.45, 2.75) is 52.5 Å². The Kier molecular flexibility index (Phi) is 8.71. The van der Waals surface area contributed by atoms with E-state index in [4.69, 9.17) is 9.63 Å². The van der Waals surface area contributed by atoms with Crippen LogP contribution in [0.1, 0.15) is 51.0 Å². The van der Waals surface area contributed by atoms with Gasteiger partial charge in [-0.25, -0.2) is 0 Å². The number of hydrogen-bond acceptors (Lipinski definition) is 5. The smallest absolute Gasteiger partial charge is 0.304 e. The fourth-order valence-electron chi connectivity index (χ4n) is 2.58. The fourth-order valence-corrected chi connectivity index (χ4v) is 2.58. The van der Waals surface area contributed by atoms with Gasteiger partial charge in [-0.15, -0.1) is 0 Å². The zero-order valence-electron chi connectivity index (χ0n) is 16.1. The minimum absolute atomic E-state index is 0.123. The number of benzene rings is 1. The van der Waals surface area contributed by atoms with Crippen LogP contribution in [0.15, 0.2) is 40.9 Å². The molecule has 2 aromatic rings. The maximum absolute atomic E-state index is 10.5. The van der Waals surface area contributed by atoms with E-state index in [0.29, 0.717) is 30.7 Å². The molecule has 0 atom stereocenters. The highest BCUT2D eigenvalue weighted by atomic mass is 16.5. The van der Waals surface area contributed by atoms with Gasteiger partial charge in [0.25, 0.3) is 0 Å². The molecule has 27 heavy (non-hydrogen) atoms. The van der Waals surface area contributed by atoms with E-state index >= 15 is 0 Å². The van der Waals surface area contributed by atoms with Crippen LogP contribution in [0.5, 0.6) is 0 Å². The Labute approximate surface area is 160 Å². The number of aromatic nitrogens is 2. The lowest BCUT2D eigenvalue weighted by atomic mass is 10.1. The fraction of sp³-hybridized carbons (Fsp3) is 0.476. The molecule has 6 heteroatoms. The maximum atomic E-state index is 10.5. The third kappa shape index (κ3) is 8.17. The highest BCUT2D eigenvalue weighted by Gasteiger charge is 2.08. The summed E-state index contributed by atoms with van der Waals surface area (Å²) in [5.41, 5.74) is 2.00. The van der Waals surface area contributed by atoms with E-state index in [2.05, 4.69) is 41.5 Å². The molecule has 0 bridgehead atoms. The summed E-state index contributed by atoms with van der Waals surface area (Å²) in [5, 5.41) is 15.8. The molecule has 0 aliphatic rings. The van der Waals surface area contributed by atoms with Gasteiger partial charge in [-0.1, -0.05) is 55.4 Å². The van der Waals surface area contributed by atoms with E-state index in [9.17, 15) is 4.79 Å². The molecule has 146 valence electrons. The molecule has 0 saturated carbocycles. The third-order valence-electron chi connectivity index (χ3n) is 4.06. The van der Waals surface area contributed by atoms with Gasteiger partial charge >= 0.3 is 5.97 Å². The second-order valence-electron chi connectivity index (χ2n) is 6.95. The van der Waals surface area contributed by atoms with Crippen molar-refractivity contribution in [2.75, 3.05) is 6.54 Å². The monoisotopic (exact) mass is 371 g/mol. The molecule has 2 rings (SSSR count). The number of unbranched alkanes of at least 4 members (excludes halogenated alkanes) is 2. The number of allylic oxidation sites excluding steroid dienone is 2. The highest BCUT2D eigenvalue weighted by Crippen LogP contribution is 2.17. The summed E-state index contributed by atoms with van der Waals surface area (Å²) in [6.45, 7) is 5.45. The van der Waals surface area contributed by atoms with Crippen LogP contribution in [0, 0.1) is 5.92 Å². The van der Waals surface area contributed by atoms with Gasteiger partial charge in [0, 0.05) is 25.1 Å². The quantitative estimate of drug-likeness (QED) is 0.429. The van der Waals surface area contributed by atoms with Crippen LogP contribution in [0.2, 0.25) is 0 Å². The first kappa shape index (κ1) is 20.8. The summed E-state index contributed by atoms with van der Waals surface area (Å²) in [4.78, 5) is 15.0. The Hall–Kier alpha value is -2.47. The molecule has 0 saturated heterocycles. The Bertz CT molecular complexity index is 721. The van der Waals surface area contributed by atoms with Gasteiger partial charge in [-0.2, -0.15) is 4.98 Å². The van der Waals surface area contributed by atoms with Crippen LogP contribution >= 0.6 is 0 Å². The molecule has 0 aliphatic heterocycles. The maximum Gasteiger partial charge on any atom is 0.304 e. The summed E-state index contributed by atoms with van der Waals surface area (Å²) in [6.07, 6.45) is 8.63. The molecule has 6 nitrogen and oxygen atoms in total. The Morgan fingerprint density at radius 2 is 2.04 bits per heavy atom. The lowest BCUT2D eigenvalue weighted by molar-refractivity contribution is -0.136. The molecule has 1 aromatic carbocycles. The van der Waals surface area contributed by atoms with Gasteiger partial charge in [-0.3, -0.25) is 4.79 Å². The van der Waals surface area contributed by atoms with E-state index in [1.165, 1.54) is 0 Å². The Morgan fingerprint density at radius 3 is 2.74 bits per heavy atom. The second kappa shape index (κ2) is 11.3. The minimum Gasteiger partial charge on any atom is -0.481 e. The van der Waals surface area contributed by atoms with Gasteiger partial charge in [0.15, 0.2) is 0 Å². The number of aliphatic carboxylic acids is 1. The summed E-state index contributed by atoms with van der Waals surface area (Å²) in [5.74, 6) is 1.10. The minimum atomic E-state index is -0.794. The van der Waals surface area contributed by atoms with Gasteiger partial charge in [0.2, 0.25) is 11.7 Å². The molecule has 0 spiro atoms. The van der Waals surface area contributed by atoms with Crippen molar-refractivity contribution in [2.24, 2.45) is 5.92 Å². The van der Waals surface area contributed by atoms with Crippen LogP contribution in [0.3, 0.4) is 0 Å². The van der Waals surface area contributed by atoms with Crippen LogP contribution in [0.25, 0.3) is 11.4 Å². The zero-order valence-corrected chi connectivity index (χ0v) is 16.1. The molecule has 1 heterocycles. The molecular formula is C21H29N3O3. The lowest BCUT2D eigenvalue weighted by Gasteiger charge is -2.03. The molecule has 0 radical (unpaired) electrons. The van der Waals surface area contributed by atoms with E-state index in [-0.39, 0.29) is 6.42 Å². The van der Waals surface area contributed by atoms with Crippen LogP contribution in [-0.2, 0) is 17.8 Å². The van der Waals surface area contributed by atoms with Crippen LogP contribution in [0.4, 0.5) is 0 Å². The van der Waals surface area contributed by atoms with Crippen molar-refractivity contribution in [3.05, 3.63) is 47.9 Å². The largest absolute Gasteiger partial charge is 0.481 e. The van der Waals surface area contributed by atoms with Crippen molar-refractivity contribution >= 4 is 5.97 Å². The summed E-state index contributed by atoms with van der Waals surface area (Å²) in [6, 6.07) is 7.89. The average Bonchev–Trinajstić information content (AvgIpc) is 3.11. The normalized spacial score (nSPS) is 11.5. The van der Waals surface area contributed by atoms with Crippen molar-refractivity contribution in [1.29, 1.82) is 0 Å². The lowest BCUT2D eigenvalue weighted by Crippen LogP contribution is -2.17. The first-order valence-electron chi connectivity index (χ1n) is 9.55. The van der Waals surface area contributed by atoms with Gasteiger partial charge in [0.05, 0.1) is 6.42 Å². The number of nitrogens with one attached hydrogen (secondary N) is 1. The molecule has 1 aromatic heterocycles. The topological polar surface area (TPSA) is 88.2 Å². The number of nitrogens with zero attached hydrogens (tertiary/aromatic N) is 2. The van der Waals surface area contributed by atoms with Gasteiger partial charge in [0.1, 0.15) is 0 Å². The van der Waals surface area contributed by atoms with E-state index < -0.39 is 5.97 Å². The molecule has 0 unspecified atom stereocenters. The van der Waals surface area contributed by atoms with Crippen molar-refractivity contribution in [3.63, 3.8) is 0 Å². The van der Waals surface area contributed by atoms with E-state index in [0.717, 1.165) is 36.8 Å². The SMILES string of the molecule is CC(C)/C=C/CCCCc1nc(-c2ccc(CNCCC(=O)O)cc2)no1. The van der Waals surface area contributed by atoms with Crippen molar-refractivity contribution < 1.29 is 14.4 Å². The number of carbonyl (C=O) groups is 1. The van der Waals surface area contributed by atoms with E-state index in [1.807, 2.05) is 24.3 Å². The predicted octanol–water partition coefficient (Wildman–Crippen LogP) is 4.23. The molecular weight excluding hydrogens is 342 g/mol. The summed E-state index contributed by atoms with van der Waals surface area (Å²) >= 11 is 0. The average molecular weight is 371 g/mol. The summed E-state index contributed by atoms with van der Waals surface area (Å²) < 4.78 is 5.35. The molecule has 0 aliphatic carbocycles. The standard InChI is InChI=1S/C21H29N3O3/c1-16(2)7-5-3-4-6-8-19-23-21(24-27-19)18-11-9-17(10-12-18)15-22-14-13-20(25)26/h5,7,9-12,16,22H,3-4,6,8,13-15H2,1-2H3,(H,25,26)/b7-5+. The highest BCUT2D eigenvalue weighted by molar-refractivity contribution is 5.66. The number of rotatable bonds is 12. The van der Waals surface area contributed by atoms with E-state index in [1.54, 1.807) is 0 Å². The molecule has 2 N–H and O–H groups in total. The van der Waals surface area contributed by atoms with Gasteiger partial charge in [-0.05, 0) is 30.7 Å². The summed E-state index contributed by atoms with van der Waals surface area (Å²) in [7, 11) is 0. The number of hydrogen-bond donors (Lipinski definition) is 2. The second-order valence-corrected chi connectivity index (χ2v) is 6.95. The molecule has 0 fully saturated rings.